The maximum Gasteiger partial charge on any atom is 0.326 e. The van der Waals surface area contributed by atoms with Crippen LogP contribution in [0.5, 0.6) is 5.75 Å². The summed E-state index contributed by atoms with van der Waals surface area (Å²) < 4.78 is 10.3. The zero-order valence-electron chi connectivity index (χ0n) is 14.1. The van der Waals surface area contributed by atoms with E-state index < -0.39 is 24.0 Å². The molecule has 0 bridgehead atoms. The summed E-state index contributed by atoms with van der Waals surface area (Å²) in [6, 6.07) is 14.9. The Balaban J connectivity index is 2.09. The van der Waals surface area contributed by atoms with Crippen molar-refractivity contribution in [2.45, 2.75) is 18.6 Å². The highest BCUT2D eigenvalue weighted by atomic mass is 16.5. The fourth-order valence-corrected chi connectivity index (χ4v) is 2.47. The van der Waals surface area contributed by atoms with Crippen molar-refractivity contribution in [2.24, 2.45) is 0 Å². The van der Waals surface area contributed by atoms with Gasteiger partial charge in [-0.15, -0.1) is 0 Å². The van der Waals surface area contributed by atoms with Crippen molar-refractivity contribution in [3.05, 3.63) is 65.7 Å². The second-order valence-electron chi connectivity index (χ2n) is 5.48. The van der Waals surface area contributed by atoms with Crippen LogP contribution in [0.25, 0.3) is 0 Å². The van der Waals surface area contributed by atoms with E-state index in [-0.39, 0.29) is 6.42 Å². The first-order valence-electron chi connectivity index (χ1n) is 7.79. The molecule has 0 aliphatic heterocycles. The number of benzene rings is 2. The topological polar surface area (TPSA) is 84.9 Å². The number of carboxylic acids is 1. The number of aliphatic carboxylic acids is 1. The van der Waals surface area contributed by atoms with Gasteiger partial charge < -0.3 is 19.9 Å². The Labute approximate surface area is 146 Å². The van der Waals surface area contributed by atoms with Crippen molar-refractivity contribution in [2.75, 3.05) is 14.2 Å². The number of carbonyl (C=O) groups excluding carboxylic acids is 1. The maximum atomic E-state index is 12.5. The lowest BCUT2D eigenvalue weighted by atomic mass is 10.0. The molecule has 25 heavy (non-hydrogen) atoms. The summed E-state index contributed by atoms with van der Waals surface area (Å²) in [5.41, 5.74) is 1.44. The zero-order chi connectivity index (χ0) is 18.2. The highest BCUT2D eigenvalue weighted by molar-refractivity contribution is 5.87. The molecule has 2 atom stereocenters. The number of carbonyl (C=O) groups is 2. The van der Waals surface area contributed by atoms with Crippen LogP contribution in [0.2, 0.25) is 0 Å². The quantitative estimate of drug-likeness (QED) is 0.767. The predicted molar refractivity (Wildman–Crippen MR) is 92.5 cm³/mol. The molecule has 0 spiro atoms. The Hall–Kier alpha value is -2.86. The van der Waals surface area contributed by atoms with Gasteiger partial charge in [-0.05, 0) is 23.3 Å². The van der Waals surface area contributed by atoms with Gasteiger partial charge >= 0.3 is 5.97 Å². The predicted octanol–water partition coefficient (Wildman–Crippen LogP) is 2.19. The zero-order valence-corrected chi connectivity index (χ0v) is 14.1. The van der Waals surface area contributed by atoms with Gasteiger partial charge in [0.1, 0.15) is 11.8 Å². The first-order chi connectivity index (χ1) is 12.0. The number of ether oxygens (including phenoxy) is 2. The summed E-state index contributed by atoms with van der Waals surface area (Å²) in [6.07, 6.45) is -0.699. The number of rotatable bonds is 8. The number of nitrogens with one attached hydrogen (secondary N) is 1. The molecule has 2 N–H and O–H groups in total. The van der Waals surface area contributed by atoms with Gasteiger partial charge in [0.05, 0.1) is 7.11 Å². The minimum Gasteiger partial charge on any atom is -0.497 e. The molecule has 0 aliphatic carbocycles. The fraction of sp³-hybridized carbons (Fsp3) is 0.263. The highest BCUT2D eigenvalue weighted by Gasteiger charge is 2.26. The molecule has 0 radical (unpaired) electrons. The van der Waals surface area contributed by atoms with Gasteiger partial charge in [-0.25, -0.2) is 4.79 Å². The van der Waals surface area contributed by atoms with Gasteiger partial charge in [-0.3, -0.25) is 4.79 Å². The highest BCUT2D eigenvalue weighted by Crippen LogP contribution is 2.17. The normalized spacial score (nSPS) is 12.9. The molecule has 0 fully saturated rings. The molecule has 0 aromatic heterocycles. The van der Waals surface area contributed by atoms with Gasteiger partial charge in [-0.1, -0.05) is 42.5 Å². The van der Waals surface area contributed by atoms with Crippen LogP contribution in [0, 0.1) is 0 Å². The molecule has 132 valence electrons. The van der Waals surface area contributed by atoms with E-state index in [0.29, 0.717) is 11.3 Å². The average Bonchev–Trinajstić information content (AvgIpc) is 2.63. The van der Waals surface area contributed by atoms with Crippen molar-refractivity contribution >= 4 is 11.9 Å². The lowest BCUT2D eigenvalue weighted by Gasteiger charge is -2.20. The summed E-state index contributed by atoms with van der Waals surface area (Å²) in [6.45, 7) is 0. The van der Waals surface area contributed by atoms with E-state index in [1.54, 1.807) is 55.6 Å². The number of amides is 1. The molecule has 0 aliphatic rings. The second kappa shape index (κ2) is 8.84. The summed E-state index contributed by atoms with van der Waals surface area (Å²) >= 11 is 0. The van der Waals surface area contributed by atoms with Crippen LogP contribution in [0.3, 0.4) is 0 Å². The molecular weight excluding hydrogens is 322 g/mol. The monoisotopic (exact) mass is 343 g/mol. The minimum atomic E-state index is -1.10. The Morgan fingerprint density at radius 3 is 2.20 bits per heavy atom. The number of hydrogen-bond acceptors (Lipinski definition) is 4. The Kier molecular flexibility index (Phi) is 6.54. The molecule has 0 saturated heterocycles. The molecule has 1 amide bonds. The summed E-state index contributed by atoms with van der Waals surface area (Å²) in [7, 11) is 2.97. The Morgan fingerprint density at radius 2 is 1.68 bits per heavy atom. The molecule has 0 unspecified atom stereocenters. The first kappa shape index (κ1) is 18.5. The van der Waals surface area contributed by atoms with E-state index in [1.165, 1.54) is 7.11 Å². The third kappa shape index (κ3) is 5.06. The van der Waals surface area contributed by atoms with Crippen LogP contribution in [-0.2, 0) is 20.7 Å². The molecule has 2 aromatic carbocycles. The van der Waals surface area contributed by atoms with E-state index in [0.717, 1.165) is 5.56 Å². The van der Waals surface area contributed by atoms with Gasteiger partial charge in [-0.2, -0.15) is 0 Å². The summed E-state index contributed by atoms with van der Waals surface area (Å²) in [5.74, 6) is -0.912. The second-order valence-corrected chi connectivity index (χ2v) is 5.48. The lowest BCUT2D eigenvalue weighted by molar-refractivity contribution is -0.144. The number of carboxylic acid groups (broad SMARTS) is 1. The van der Waals surface area contributed by atoms with Crippen LogP contribution in [0.15, 0.2) is 54.6 Å². The van der Waals surface area contributed by atoms with Crippen molar-refractivity contribution < 1.29 is 24.2 Å². The van der Waals surface area contributed by atoms with Crippen molar-refractivity contribution in [3.8, 4) is 5.75 Å². The molecular formula is C19H21NO5. The molecule has 2 aromatic rings. The van der Waals surface area contributed by atoms with Crippen LogP contribution in [-0.4, -0.2) is 37.2 Å². The molecule has 0 heterocycles. The number of hydrogen-bond donors (Lipinski definition) is 2. The fourth-order valence-electron chi connectivity index (χ4n) is 2.47. The van der Waals surface area contributed by atoms with Crippen LogP contribution in [0.4, 0.5) is 0 Å². The average molecular weight is 343 g/mol. The van der Waals surface area contributed by atoms with Crippen molar-refractivity contribution in [1.29, 1.82) is 0 Å². The van der Waals surface area contributed by atoms with E-state index in [1.807, 2.05) is 6.07 Å². The minimum absolute atomic E-state index is 0.163. The van der Waals surface area contributed by atoms with Crippen molar-refractivity contribution in [1.82, 2.24) is 5.32 Å². The largest absolute Gasteiger partial charge is 0.497 e. The lowest BCUT2D eigenvalue weighted by Crippen LogP contribution is -2.44. The van der Waals surface area contributed by atoms with Gasteiger partial charge in [0.25, 0.3) is 5.91 Å². The van der Waals surface area contributed by atoms with E-state index in [9.17, 15) is 14.7 Å². The Morgan fingerprint density at radius 1 is 1.04 bits per heavy atom. The van der Waals surface area contributed by atoms with Crippen LogP contribution < -0.4 is 10.1 Å². The van der Waals surface area contributed by atoms with Gasteiger partial charge in [0, 0.05) is 13.5 Å². The summed E-state index contributed by atoms with van der Waals surface area (Å²) in [5, 5.41) is 12.0. The van der Waals surface area contributed by atoms with E-state index in [2.05, 4.69) is 5.32 Å². The molecule has 2 rings (SSSR count). The smallest absolute Gasteiger partial charge is 0.326 e. The first-order valence-corrected chi connectivity index (χ1v) is 7.79. The molecule has 6 nitrogen and oxygen atoms in total. The third-order valence-electron chi connectivity index (χ3n) is 3.79. The SMILES string of the molecule is COc1ccc(C[C@H](NC(=O)[C@H](OC)c2ccccc2)C(=O)O)cc1. The van der Waals surface area contributed by atoms with Crippen LogP contribution >= 0.6 is 0 Å². The van der Waals surface area contributed by atoms with E-state index >= 15 is 0 Å². The molecule has 6 heteroatoms. The Bertz CT molecular complexity index is 700. The standard InChI is InChI=1S/C19H21NO5/c1-24-15-10-8-13(9-11-15)12-16(19(22)23)20-18(21)17(25-2)14-6-4-3-5-7-14/h3-11,16-17H,12H2,1-2H3,(H,20,21)(H,22,23)/t16-,17+/m0/s1. The van der Waals surface area contributed by atoms with Gasteiger partial charge in [0.15, 0.2) is 6.10 Å². The van der Waals surface area contributed by atoms with Crippen molar-refractivity contribution in [3.63, 3.8) is 0 Å². The van der Waals surface area contributed by atoms with E-state index in [4.69, 9.17) is 9.47 Å². The van der Waals surface area contributed by atoms with Crippen LogP contribution in [0.1, 0.15) is 17.2 Å². The summed E-state index contributed by atoms with van der Waals surface area (Å²) in [4.78, 5) is 24.0. The third-order valence-corrected chi connectivity index (χ3v) is 3.79. The maximum absolute atomic E-state index is 12.5. The molecule has 0 saturated carbocycles. The number of methoxy groups -OCH3 is 2. The van der Waals surface area contributed by atoms with Gasteiger partial charge in [0.2, 0.25) is 0 Å².